The van der Waals surface area contributed by atoms with E-state index in [1.54, 1.807) is 18.2 Å². The predicted octanol–water partition coefficient (Wildman–Crippen LogP) is 4.63. The van der Waals surface area contributed by atoms with E-state index in [-0.39, 0.29) is 11.6 Å². The van der Waals surface area contributed by atoms with Gasteiger partial charge in [0, 0.05) is 11.1 Å². The van der Waals surface area contributed by atoms with Crippen LogP contribution in [0.4, 0.5) is 10.2 Å². The molecule has 1 heterocycles. The molecule has 24 heavy (non-hydrogen) atoms. The Labute approximate surface area is 140 Å². The van der Waals surface area contributed by atoms with Crippen molar-refractivity contribution in [2.75, 3.05) is 5.73 Å². The third kappa shape index (κ3) is 2.84. The minimum Gasteiger partial charge on any atom is -0.383 e. The monoisotopic (exact) mass is 317 g/mol. The van der Waals surface area contributed by atoms with Gasteiger partial charge in [-0.1, -0.05) is 35.9 Å². The zero-order valence-corrected chi connectivity index (χ0v) is 13.5. The molecule has 1 aromatic heterocycles. The number of aryl methyl sites for hydroxylation is 2. The minimum atomic E-state index is -0.342. The van der Waals surface area contributed by atoms with Crippen LogP contribution in [0.2, 0.25) is 0 Å². The van der Waals surface area contributed by atoms with Crippen LogP contribution in [0.15, 0.2) is 48.5 Å². The fraction of sp³-hybridized carbons (Fsp3) is 0.100. The average Bonchev–Trinajstić information content (AvgIpc) is 2.54. The molecule has 0 radical (unpaired) electrons. The molecule has 0 aliphatic rings. The van der Waals surface area contributed by atoms with Crippen molar-refractivity contribution < 1.29 is 4.39 Å². The molecule has 118 valence electrons. The van der Waals surface area contributed by atoms with Crippen molar-refractivity contribution in [3.63, 3.8) is 0 Å². The van der Waals surface area contributed by atoms with Gasteiger partial charge < -0.3 is 5.73 Å². The molecule has 0 aliphatic heterocycles. The number of pyridine rings is 1. The first kappa shape index (κ1) is 15.7. The van der Waals surface area contributed by atoms with E-state index in [1.807, 2.05) is 26.0 Å². The molecule has 0 saturated carbocycles. The summed E-state index contributed by atoms with van der Waals surface area (Å²) in [5, 5.41) is 9.48. The van der Waals surface area contributed by atoms with Gasteiger partial charge in [-0.05, 0) is 43.2 Å². The van der Waals surface area contributed by atoms with Crippen LogP contribution in [0.5, 0.6) is 0 Å². The molecule has 4 heteroatoms. The van der Waals surface area contributed by atoms with Gasteiger partial charge in [0.05, 0.1) is 5.69 Å². The number of rotatable bonds is 2. The van der Waals surface area contributed by atoms with Crippen molar-refractivity contribution in [1.82, 2.24) is 4.98 Å². The molecule has 3 aromatic rings. The molecule has 0 atom stereocenters. The zero-order chi connectivity index (χ0) is 17.3. The molecule has 0 saturated heterocycles. The Morgan fingerprint density at radius 2 is 1.83 bits per heavy atom. The number of nitriles is 1. The Hall–Kier alpha value is -3.19. The highest BCUT2D eigenvalue weighted by Crippen LogP contribution is 2.33. The summed E-state index contributed by atoms with van der Waals surface area (Å²) in [6.45, 7) is 4.00. The summed E-state index contributed by atoms with van der Waals surface area (Å²) < 4.78 is 13.5. The van der Waals surface area contributed by atoms with E-state index in [0.29, 0.717) is 22.4 Å². The van der Waals surface area contributed by atoms with Gasteiger partial charge in [0.1, 0.15) is 23.3 Å². The van der Waals surface area contributed by atoms with Gasteiger partial charge in [-0.3, -0.25) is 0 Å². The maximum atomic E-state index is 13.5. The number of halogens is 1. The summed E-state index contributed by atoms with van der Waals surface area (Å²) in [6.07, 6.45) is 0. The van der Waals surface area contributed by atoms with E-state index in [4.69, 9.17) is 5.73 Å². The first-order valence-corrected chi connectivity index (χ1v) is 7.54. The molecule has 3 nitrogen and oxygen atoms in total. The predicted molar refractivity (Wildman–Crippen MR) is 93.7 cm³/mol. The molecule has 3 rings (SSSR count). The molecule has 0 bridgehead atoms. The van der Waals surface area contributed by atoms with Crippen LogP contribution in [0.25, 0.3) is 22.4 Å². The Balaban J connectivity index is 2.27. The SMILES string of the molecule is Cc1ccc(-c2cc(-c3cccc(F)c3)nc(N)c2C#N)c(C)c1. The second-order valence-electron chi connectivity index (χ2n) is 5.76. The Morgan fingerprint density at radius 3 is 2.50 bits per heavy atom. The van der Waals surface area contributed by atoms with Crippen molar-refractivity contribution in [1.29, 1.82) is 5.26 Å². The Morgan fingerprint density at radius 1 is 1.04 bits per heavy atom. The van der Waals surface area contributed by atoms with Gasteiger partial charge in [-0.15, -0.1) is 0 Å². The summed E-state index contributed by atoms with van der Waals surface area (Å²) in [4.78, 5) is 4.28. The number of nitrogens with two attached hydrogens (primary N) is 1. The van der Waals surface area contributed by atoms with E-state index in [1.165, 1.54) is 12.1 Å². The Kier molecular flexibility index (Phi) is 4.01. The first-order valence-electron chi connectivity index (χ1n) is 7.54. The van der Waals surface area contributed by atoms with Crippen molar-refractivity contribution >= 4 is 5.82 Å². The number of anilines is 1. The van der Waals surface area contributed by atoms with Gasteiger partial charge in [-0.2, -0.15) is 5.26 Å². The van der Waals surface area contributed by atoms with Gasteiger partial charge in [-0.25, -0.2) is 9.37 Å². The quantitative estimate of drug-likeness (QED) is 0.750. The number of nitrogen functional groups attached to an aromatic ring is 1. The summed E-state index contributed by atoms with van der Waals surface area (Å²) in [5.74, 6) is -0.195. The minimum absolute atomic E-state index is 0.147. The van der Waals surface area contributed by atoms with Crippen LogP contribution in [0, 0.1) is 31.0 Å². The smallest absolute Gasteiger partial charge is 0.142 e. The molecule has 2 aromatic carbocycles. The second kappa shape index (κ2) is 6.13. The topological polar surface area (TPSA) is 62.7 Å². The Bertz CT molecular complexity index is 971. The molecule has 2 N–H and O–H groups in total. The molecule has 0 amide bonds. The van der Waals surface area contributed by atoms with Gasteiger partial charge >= 0.3 is 0 Å². The van der Waals surface area contributed by atoms with E-state index >= 15 is 0 Å². The maximum absolute atomic E-state index is 13.5. The van der Waals surface area contributed by atoms with Crippen LogP contribution < -0.4 is 5.73 Å². The summed E-state index contributed by atoms with van der Waals surface area (Å²) >= 11 is 0. The van der Waals surface area contributed by atoms with Crippen molar-refractivity contribution in [3.05, 3.63) is 71.0 Å². The third-order valence-electron chi connectivity index (χ3n) is 3.95. The average molecular weight is 317 g/mol. The van der Waals surface area contributed by atoms with Crippen LogP contribution in [-0.4, -0.2) is 4.98 Å². The normalized spacial score (nSPS) is 10.4. The van der Waals surface area contributed by atoms with E-state index in [0.717, 1.165) is 16.7 Å². The lowest BCUT2D eigenvalue weighted by Crippen LogP contribution is -2.00. The lowest BCUT2D eigenvalue weighted by Gasteiger charge is -2.13. The molecule has 0 unspecified atom stereocenters. The summed E-state index contributed by atoms with van der Waals surface area (Å²) in [6, 6.07) is 16.1. The summed E-state index contributed by atoms with van der Waals surface area (Å²) in [5.41, 5.74) is 11.3. The van der Waals surface area contributed by atoms with Gasteiger partial charge in [0.15, 0.2) is 0 Å². The highest BCUT2D eigenvalue weighted by molar-refractivity contribution is 5.81. The maximum Gasteiger partial charge on any atom is 0.142 e. The molecule has 0 fully saturated rings. The lowest BCUT2D eigenvalue weighted by atomic mass is 9.94. The van der Waals surface area contributed by atoms with E-state index in [2.05, 4.69) is 17.1 Å². The lowest BCUT2D eigenvalue weighted by molar-refractivity contribution is 0.628. The van der Waals surface area contributed by atoms with Crippen molar-refractivity contribution in [2.24, 2.45) is 0 Å². The second-order valence-corrected chi connectivity index (χ2v) is 5.76. The van der Waals surface area contributed by atoms with Gasteiger partial charge in [0.25, 0.3) is 0 Å². The number of hydrogen-bond donors (Lipinski definition) is 1. The largest absolute Gasteiger partial charge is 0.383 e. The fourth-order valence-electron chi connectivity index (χ4n) is 2.81. The fourth-order valence-corrected chi connectivity index (χ4v) is 2.81. The number of nitrogens with zero attached hydrogens (tertiary/aromatic N) is 2. The van der Waals surface area contributed by atoms with Crippen molar-refractivity contribution in [3.8, 4) is 28.5 Å². The highest BCUT2D eigenvalue weighted by Gasteiger charge is 2.15. The highest BCUT2D eigenvalue weighted by atomic mass is 19.1. The number of hydrogen-bond acceptors (Lipinski definition) is 3. The van der Waals surface area contributed by atoms with Crippen LogP contribution >= 0.6 is 0 Å². The number of benzene rings is 2. The standard InChI is InChI=1S/C20H16FN3/c1-12-6-7-16(13(2)8-12)17-10-19(24-20(23)18(17)11-22)14-4-3-5-15(21)9-14/h3-10H,1-2H3,(H2,23,24). The molecule has 0 aliphatic carbocycles. The van der Waals surface area contributed by atoms with E-state index < -0.39 is 0 Å². The number of aromatic nitrogens is 1. The van der Waals surface area contributed by atoms with Crippen LogP contribution in [0.1, 0.15) is 16.7 Å². The van der Waals surface area contributed by atoms with E-state index in [9.17, 15) is 9.65 Å². The molecule has 0 spiro atoms. The van der Waals surface area contributed by atoms with Crippen molar-refractivity contribution in [2.45, 2.75) is 13.8 Å². The molecular weight excluding hydrogens is 301 g/mol. The first-order chi connectivity index (χ1) is 11.5. The van der Waals surface area contributed by atoms with Crippen LogP contribution in [-0.2, 0) is 0 Å². The zero-order valence-electron chi connectivity index (χ0n) is 13.5. The van der Waals surface area contributed by atoms with Crippen LogP contribution in [0.3, 0.4) is 0 Å². The summed E-state index contributed by atoms with van der Waals surface area (Å²) in [7, 11) is 0. The molecular formula is C20H16FN3. The third-order valence-corrected chi connectivity index (χ3v) is 3.95. The van der Waals surface area contributed by atoms with Gasteiger partial charge in [0.2, 0.25) is 0 Å².